The van der Waals surface area contributed by atoms with Gasteiger partial charge in [-0.1, -0.05) is 20.8 Å². The number of aryl methyl sites for hydroxylation is 2. The van der Waals surface area contributed by atoms with Crippen LogP contribution in [0, 0.1) is 19.3 Å². The van der Waals surface area contributed by atoms with Gasteiger partial charge >= 0.3 is 0 Å². The van der Waals surface area contributed by atoms with Crippen LogP contribution in [0.4, 0.5) is 5.82 Å². The van der Waals surface area contributed by atoms with Gasteiger partial charge in [-0.05, 0) is 19.3 Å². The fraction of sp³-hybridized carbons (Fsp3) is 0.467. The second-order valence-corrected chi connectivity index (χ2v) is 6.58. The molecule has 0 saturated carbocycles. The van der Waals surface area contributed by atoms with E-state index in [2.05, 4.69) is 20.4 Å². The number of nitrogens with one attached hydrogen (secondary N) is 2. The van der Waals surface area contributed by atoms with E-state index in [1.54, 1.807) is 13.0 Å². The molecule has 0 fully saturated rings. The summed E-state index contributed by atoms with van der Waals surface area (Å²) in [6, 6.07) is 3.14. The van der Waals surface area contributed by atoms with E-state index < -0.39 is 0 Å². The molecule has 2 aromatic heterocycles. The number of hydrogen-bond donors (Lipinski definition) is 2. The molecule has 7 heteroatoms. The summed E-state index contributed by atoms with van der Waals surface area (Å²) in [6.45, 7) is 9.52. The van der Waals surface area contributed by atoms with Gasteiger partial charge < -0.3 is 5.32 Å². The molecular formula is C15H21N5O2. The molecule has 2 aromatic rings. The summed E-state index contributed by atoms with van der Waals surface area (Å²) in [5, 5.41) is 7.11. The van der Waals surface area contributed by atoms with Gasteiger partial charge in [0.15, 0.2) is 0 Å². The average Bonchev–Trinajstić information content (AvgIpc) is 2.66. The first-order valence-corrected chi connectivity index (χ1v) is 7.09. The predicted octanol–water partition coefficient (Wildman–Crippen LogP) is 1.95. The van der Waals surface area contributed by atoms with Crippen LogP contribution in [0.2, 0.25) is 0 Å². The lowest BCUT2D eigenvalue weighted by Gasteiger charge is -2.17. The first-order chi connectivity index (χ1) is 10.1. The standard InChI is InChI=1S/C15H21N5O2/c1-9-7-12(21)18-14(16-9)20-11(6-10(2)19-20)17-13(22)8-15(3,4)5/h6-7H,8H2,1-5H3,(H,17,22)(H,16,18,21). The number of carbonyl (C=O) groups excluding carboxylic acids is 1. The minimum Gasteiger partial charge on any atom is -0.310 e. The number of carbonyl (C=O) groups is 1. The van der Waals surface area contributed by atoms with Crippen molar-refractivity contribution in [2.75, 3.05) is 5.32 Å². The number of aromatic nitrogens is 4. The number of anilines is 1. The minimum atomic E-state index is -0.261. The third-order valence-electron chi connectivity index (χ3n) is 2.85. The lowest BCUT2D eigenvalue weighted by atomic mass is 9.92. The molecule has 0 saturated heterocycles. The Hall–Kier alpha value is -2.44. The molecular weight excluding hydrogens is 282 g/mol. The Labute approximate surface area is 128 Å². The number of nitrogens with zero attached hydrogens (tertiary/aromatic N) is 3. The summed E-state index contributed by atoms with van der Waals surface area (Å²) >= 11 is 0. The zero-order valence-corrected chi connectivity index (χ0v) is 13.5. The minimum absolute atomic E-state index is 0.108. The lowest BCUT2D eigenvalue weighted by Crippen LogP contribution is -2.22. The Morgan fingerprint density at radius 3 is 2.55 bits per heavy atom. The Morgan fingerprint density at radius 2 is 1.95 bits per heavy atom. The maximum absolute atomic E-state index is 12.1. The maximum atomic E-state index is 12.1. The van der Waals surface area contributed by atoms with Crippen molar-refractivity contribution in [3.63, 3.8) is 0 Å². The number of amides is 1. The van der Waals surface area contributed by atoms with Gasteiger partial charge in [0.2, 0.25) is 11.9 Å². The highest BCUT2D eigenvalue weighted by molar-refractivity contribution is 5.90. The highest BCUT2D eigenvalue weighted by Gasteiger charge is 2.18. The van der Waals surface area contributed by atoms with E-state index >= 15 is 0 Å². The van der Waals surface area contributed by atoms with E-state index in [-0.39, 0.29) is 22.8 Å². The number of rotatable bonds is 3. The van der Waals surface area contributed by atoms with Crippen molar-refractivity contribution >= 4 is 11.7 Å². The van der Waals surface area contributed by atoms with E-state index in [4.69, 9.17) is 0 Å². The summed E-state index contributed by atoms with van der Waals surface area (Å²) in [5.41, 5.74) is 0.927. The van der Waals surface area contributed by atoms with Gasteiger partial charge in [-0.25, -0.2) is 4.98 Å². The Morgan fingerprint density at radius 1 is 1.27 bits per heavy atom. The van der Waals surface area contributed by atoms with Crippen LogP contribution in [0.25, 0.3) is 5.95 Å². The molecule has 2 heterocycles. The second kappa shape index (κ2) is 5.75. The van der Waals surface area contributed by atoms with Crippen LogP contribution < -0.4 is 10.9 Å². The molecule has 0 aliphatic carbocycles. The van der Waals surface area contributed by atoms with E-state index in [9.17, 15) is 9.59 Å². The van der Waals surface area contributed by atoms with Gasteiger partial charge in [-0.15, -0.1) is 0 Å². The van der Waals surface area contributed by atoms with Crippen molar-refractivity contribution in [1.29, 1.82) is 0 Å². The quantitative estimate of drug-likeness (QED) is 0.906. The van der Waals surface area contributed by atoms with Crippen LogP contribution in [0.15, 0.2) is 16.9 Å². The van der Waals surface area contributed by atoms with Gasteiger partial charge in [0.25, 0.3) is 5.56 Å². The van der Waals surface area contributed by atoms with Crippen molar-refractivity contribution in [2.24, 2.45) is 5.41 Å². The second-order valence-electron chi connectivity index (χ2n) is 6.58. The fourth-order valence-corrected chi connectivity index (χ4v) is 2.08. The van der Waals surface area contributed by atoms with Crippen LogP contribution >= 0.6 is 0 Å². The van der Waals surface area contributed by atoms with E-state index in [0.29, 0.717) is 17.9 Å². The molecule has 0 atom stereocenters. The number of H-pyrrole nitrogens is 1. The van der Waals surface area contributed by atoms with E-state index in [1.165, 1.54) is 10.7 Å². The lowest BCUT2D eigenvalue weighted by molar-refractivity contribution is -0.117. The number of hydrogen-bond acceptors (Lipinski definition) is 4. The molecule has 2 rings (SSSR count). The molecule has 0 bridgehead atoms. The molecule has 0 unspecified atom stereocenters. The Balaban J connectivity index is 2.34. The Bertz CT molecular complexity index is 752. The van der Waals surface area contributed by atoms with Crippen molar-refractivity contribution in [1.82, 2.24) is 19.7 Å². The molecule has 0 radical (unpaired) electrons. The molecule has 7 nitrogen and oxygen atoms in total. The summed E-state index contributed by atoms with van der Waals surface area (Å²) in [7, 11) is 0. The van der Waals surface area contributed by atoms with Gasteiger partial charge in [0, 0.05) is 24.2 Å². The third-order valence-corrected chi connectivity index (χ3v) is 2.85. The maximum Gasteiger partial charge on any atom is 0.252 e. The largest absolute Gasteiger partial charge is 0.310 e. The fourth-order valence-electron chi connectivity index (χ4n) is 2.08. The van der Waals surface area contributed by atoms with Crippen LogP contribution in [-0.2, 0) is 4.79 Å². The van der Waals surface area contributed by atoms with Gasteiger partial charge in [-0.2, -0.15) is 9.78 Å². The van der Waals surface area contributed by atoms with Gasteiger partial charge in [0.05, 0.1) is 5.69 Å². The molecule has 22 heavy (non-hydrogen) atoms. The van der Waals surface area contributed by atoms with Crippen LogP contribution in [0.5, 0.6) is 0 Å². The van der Waals surface area contributed by atoms with Crippen molar-refractivity contribution < 1.29 is 4.79 Å². The normalized spacial score (nSPS) is 11.5. The molecule has 0 aliphatic heterocycles. The van der Waals surface area contributed by atoms with E-state index in [0.717, 1.165) is 5.69 Å². The highest BCUT2D eigenvalue weighted by Crippen LogP contribution is 2.20. The summed E-state index contributed by atoms with van der Waals surface area (Å²) < 4.78 is 1.43. The predicted molar refractivity (Wildman–Crippen MR) is 84.2 cm³/mol. The van der Waals surface area contributed by atoms with Gasteiger partial charge in [-0.3, -0.25) is 14.6 Å². The molecule has 2 N–H and O–H groups in total. The molecule has 0 spiro atoms. The average molecular weight is 303 g/mol. The molecule has 1 amide bonds. The zero-order valence-electron chi connectivity index (χ0n) is 13.5. The molecule has 0 aliphatic rings. The zero-order chi connectivity index (χ0) is 16.5. The Kier molecular flexibility index (Phi) is 4.16. The van der Waals surface area contributed by atoms with Crippen LogP contribution in [0.1, 0.15) is 38.6 Å². The van der Waals surface area contributed by atoms with Crippen molar-refractivity contribution in [3.8, 4) is 5.95 Å². The third kappa shape index (κ3) is 4.03. The SMILES string of the molecule is Cc1cc(=O)[nH]c(-n2nc(C)cc2NC(=O)CC(C)(C)C)n1. The smallest absolute Gasteiger partial charge is 0.252 e. The van der Waals surface area contributed by atoms with Crippen LogP contribution in [-0.4, -0.2) is 25.7 Å². The van der Waals surface area contributed by atoms with E-state index in [1.807, 2.05) is 27.7 Å². The van der Waals surface area contributed by atoms with Gasteiger partial charge in [0.1, 0.15) is 5.82 Å². The van der Waals surface area contributed by atoms with Crippen molar-refractivity contribution in [2.45, 2.75) is 41.0 Å². The summed E-state index contributed by atoms with van der Waals surface area (Å²) in [6.07, 6.45) is 0.384. The molecule has 118 valence electrons. The first kappa shape index (κ1) is 15.9. The topological polar surface area (TPSA) is 92.7 Å². The monoisotopic (exact) mass is 303 g/mol. The number of aromatic amines is 1. The summed E-state index contributed by atoms with van der Waals surface area (Å²) in [5.74, 6) is 0.660. The van der Waals surface area contributed by atoms with Crippen molar-refractivity contribution in [3.05, 3.63) is 33.9 Å². The van der Waals surface area contributed by atoms with Crippen LogP contribution in [0.3, 0.4) is 0 Å². The first-order valence-electron chi connectivity index (χ1n) is 7.09. The highest BCUT2D eigenvalue weighted by atomic mass is 16.1. The summed E-state index contributed by atoms with van der Waals surface area (Å²) in [4.78, 5) is 30.6. The molecule has 0 aromatic carbocycles.